The molecule has 1 unspecified atom stereocenters. The lowest BCUT2D eigenvalue weighted by Crippen LogP contribution is -2.45. The lowest BCUT2D eigenvalue weighted by Gasteiger charge is -2.20. The number of primary amides is 1. The van der Waals surface area contributed by atoms with Crippen LogP contribution in [0.25, 0.3) is 0 Å². The average molecular weight is 208 g/mol. The summed E-state index contributed by atoms with van der Waals surface area (Å²) in [5, 5.41) is 0. The predicted octanol–water partition coefficient (Wildman–Crippen LogP) is -1.16. The van der Waals surface area contributed by atoms with Crippen LogP contribution in [-0.4, -0.2) is 35.8 Å². The number of halogens is 1. The maximum absolute atomic E-state index is 11.1. The predicted molar refractivity (Wildman–Crippen MR) is 50.2 cm³/mol. The summed E-state index contributed by atoms with van der Waals surface area (Å²) in [6, 6.07) is -0.430. The van der Waals surface area contributed by atoms with Crippen LogP contribution in [0.1, 0.15) is 12.8 Å². The Morgan fingerprint density at radius 3 is 2.54 bits per heavy atom. The van der Waals surface area contributed by atoms with Gasteiger partial charge >= 0.3 is 0 Å². The van der Waals surface area contributed by atoms with E-state index in [9.17, 15) is 9.59 Å². The average Bonchev–Trinajstić information content (AvgIpc) is 2.50. The van der Waals surface area contributed by atoms with E-state index in [2.05, 4.69) is 0 Å². The van der Waals surface area contributed by atoms with Crippen molar-refractivity contribution in [1.82, 2.24) is 4.90 Å². The topological polar surface area (TPSA) is 89.4 Å². The molecule has 0 aromatic carbocycles. The van der Waals surface area contributed by atoms with Gasteiger partial charge in [-0.3, -0.25) is 9.59 Å². The van der Waals surface area contributed by atoms with E-state index in [4.69, 9.17) is 11.5 Å². The van der Waals surface area contributed by atoms with Gasteiger partial charge in [-0.2, -0.15) is 0 Å². The fraction of sp³-hybridized carbons (Fsp3) is 0.714. The first-order chi connectivity index (χ1) is 5.66. The van der Waals surface area contributed by atoms with Crippen LogP contribution in [0.15, 0.2) is 0 Å². The number of carbonyl (C=O) groups excluding carboxylic acids is 2. The van der Waals surface area contributed by atoms with Crippen molar-refractivity contribution in [1.29, 1.82) is 0 Å². The van der Waals surface area contributed by atoms with E-state index >= 15 is 0 Å². The molecule has 0 saturated carbocycles. The molecule has 0 radical (unpaired) electrons. The summed E-state index contributed by atoms with van der Waals surface area (Å²) in [7, 11) is 0. The molecule has 4 N–H and O–H groups in total. The fourth-order valence-corrected chi connectivity index (χ4v) is 1.48. The number of amides is 2. The fourth-order valence-electron chi connectivity index (χ4n) is 1.48. The van der Waals surface area contributed by atoms with Crippen molar-refractivity contribution in [2.45, 2.75) is 18.9 Å². The van der Waals surface area contributed by atoms with Crippen LogP contribution < -0.4 is 11.5 Å². The van der Waals surface area contributed by atoms with E-state index in [0.717, 1.165) is 6.42 Å². The standard InChI is InChI=1S/C7H13N3O2.ClH/c8-4-6(11)10-3-1-2-5(10)7(9)12;/h5H,1-4,8H2,(H2,9,12);1H. The Hall–Kier alpha value is -0.810. The van der Waals surface area contributed by atoms with Crippen LogP contribution in [0.4, 0.5) is 0 Å². The molecule has 6 heteroatoms. The Kier molecular flexibility index (Phi) is 4.72. The van der Waals surface area contributed by atoms with E-state index in [1.807, 2.05) is 0 Å². The molecule has 2 amide bonds. The van der Waals surface area contributed by atoms with Crippen molar-refractivity contribution in [2.24, 2.45) is 11.5 Å². The molecule has 0 aliphatic carbocycles. The number of nitrogens with zero attached hydrogens (tertiary/aromatic N) is 1. The van der Waals surface area contributed by atoms with Gasteiger partial charge in [-0.1, -0.05) is 0 Å². The lowest BCUT2D eigenvalue weighted by atomic mass is 10.2. The molecular formula is C7H14ClN3O2. The van der Waals surface area contributed by atoms with Crippen LogP contribution in [0.3, 0.4) is 0 Å². The van der Waals surface area contributed by atoms with Crippen molar-refractivity contribution >= 4 is 24.2 Å². The highest BCUT2D eigenvalue weighted by Crippen LogP contribution is 2.16. The second-order valence-electron chi connectivity index (χ2n) is 2.85. The Morgan fingerprint density at radius 1 is 1.46 bits per heavy atom. The molecule has 1 aliphatic rings. The zero-order chi connectivity index (χ0) is 9.14. The minimum absolute atomic E-state index is 0. The van der Waals surface area contributed by atoms with Crippen molar-refractivity contribution in [2.75, 3.05) is 13.1 Å². The third-order valence-corrected chi connectivity index (χ3v) is 2.08. The summed E-state index contributed by atoms with van der Waals surface area (Å²) in [5.41, 5.74) is 10.3. The van der Waals surface area contributed by atoms with E-state index in [1.54, 1.807) is 0 Å². The summed E-state index contributed by atoms with van der Waals surface area (Å²) in [4.78, 5) is 23.4. The molecule has 1 rings (SSSR count). The van der Waals surface area contributed by atoms with Crippen LogP contribution in [0, 0.1) is 0 Å². The summed E-state index contributed by atoms with van der Waals surface area (Å²) in [5.74, 6) is -0.634. The second-order valence-corrected chi connectivity index (χ2v) is 2.85. The maximum Gasteiger partial charge on any atom is 0.240 e. The Labute approximate surface area is 82.8 Å². The molecule has 0 bridgehead atoms. The molecule has 0 spiro atoms. The van der Waals surface area contributed by atoms with Gasteiger partial charge < -0.3 is 16.4 Å². The van der Waals surface area contributed by atoms with Crippen LogP contribution >= 0.6 is 12.4 Å². The highest BCUT2D eigenvalue weighted by molar-refractivity contribution is 5.87. The Bertz CT molecular complexity index is 210. The molecule has 0 aromatic rings. The van der Waals surface area contributed by atoms with E-state index in [1.165, 1.54) is 4.90 Å². The van der Waals surface area contributed by atoms with Gasteiger partial charge in [0.2, 0.25) is 11.8 Å². The van der Waals surface area contributed by atoms with E-state index < -0.39 is 11.9 Å². The van der Waals surface area contributed by atoms with Gasteiger partial charge in [-0.05, 0) is 12.8 Å². The van der Waals surface area contributed by atoms with Crippen LogP contribution in [0.2, 0.25) is 0 Å². The highest BCUT2D eigenvalue weighted by atomic mass is 35.5. The largest absolute Gasteiger partial charge is 0.368 e. The third-order valence-electron chi connectivity index (χ3n) is 2.08. The summed E-state index contributed by atoms with van der Waals surface area (Å²) in [6.07, 6.45) is 1.50. The molecule has 1 aliphatic heterocycles. The van der Waals surface area contributed by atoms with Crippen molar-refractivity contribution in [3.05, 3.63) is 0 Å². The SMILES string of the molecule is Cl.NCC(=O)N1CCCC1C(N)=O. The Morgan fingerprint density at radius 2 is 2.08 bits per heavy atom. The van der Waals surface area contributed by atoms with Crippen LogP contribution in [0.5, 0.6) is 0 Å². The molecule has 1 heterocycles. The molecular weight excluding hydrogens is 194 g/mol. The molecule has 76 valence electrons. The van der Waals surface area contributed by atoms with Gasteiger partial charge in [0.05, 0.1) is 6.54 Å². The van der Waals surface area contributed by atoms with Crippen LogP contribution in [-0.2, 0) is 9.59 Å². The third kappa shape index (κ3) is 2.57. The minimum Gasteiger partial charge on any atom is -0.368 e. The zero-order valence-corrected chi connectivity index (χ0v) is 8.05. The second kappa shape index (κ2) is 5.04. The molecule has 1 saturated heterocycles. The van der Waals surface area contributed by atoms with Gasteiger partial charge in [0.15, 0.2) is 0 Å². The summed E-state index contributed by atoms with van der Waals surface area (Å²) >= 11 is 0. The summed E-state index contributed by atoms with van der Waals surface area (Å²) in [6.45, 7) is 0.549. The molecule has 1 fully saturated rings. The molecule has 0 aromatic heterocycles. The highest BCUT2D eigenvalue weighted by Gasteiger charge is 2.31. The van der Waals surface area contributed by atoms with Crippen molar-refractivity contribution in [3.63, 3.8) is 0 Å². The molecule has 1 atom stereocenters. The number of nitrogens with two attached hydrogens (primary N) is 2. The number of hydrogen-bond donors (Lipinski definition) is 2. The van der Waals surface area contributed by atoms with Gasteiger partial charge in [-0.15, -0.1) is 12.4 Å². The molecule has 5 nitrogen and oxygen atoms in total. The van der Waals surface area contributed by atoms with Gasteiger partial charge in [0.1, 0.15) is 6.04 Å². The smallest absolute Gasteiger partial charge is 0.240 e. The minimum atomic E-state index is -0.436. The van der Waals surface area contributed by atoms with Gasteiger partial charge in [0, 0.05) is 6.54 Å². The monoisotopic (exact) mass is 207 g/mol. The first kappa shape index (κ1) is 12.2. The summed E-state index contributed by atoms with van der Waals surface area (Å²) < 4.78 is 0. The van der Waals surface area contributed by atoms with Gasteiger partial charge in [0.25, 0.3) is 0 Å². The normalized spacial score (nSPS) is 21.0. The molecule has 13 heavy (non-hydrogen) atoms. The quantitative estimate of drug-likeness (QED) is 0.599. The number of carbonyl (C=O) groups is 2. The van der Waals surface area contributed by atoms with Crippen molar-refractivity contribution in [3.8, 4) is 0 Å². The maximum atomic E-state index is 11.1. The first-order valence-electron chi connectivity index (χ1n) is 3.95. The van der Waals surface area contributed by atoms with E-state index in [-0.39, 0.29) is 24.9 Å². The number of hydrogen-bond acceptors (Lipinski definition) is 3. The van der Waals surface area contributed by atoms with Crippen molar-refractivity contribution < 1.29 is 9.59 Å². The first-order valence-corrected chi connectivity index (χ1v) is 3.95. The lowest BCUT2D eigenvalue weighted by molar-refractivity contribution is -0.136. The van der Waals surface area contributed by atoms with E-state index in [0.29, 0.717) is 13.0 Å². The Balaban J connectivity index is 0.00000144. The number of rotatable bonds is 2. The number of likely N-dealkylation sites (tertiary alicyclic amines) is 1. The van der Waals surface area contributed by atoms with Gasteiger partial charge in [-0.25, -0.2) is 0 Å². The zero-order valence-electron chi connectivity index (χ0n) is 7.23.